The second kappa shape index (κ2) is 7.38. The van der Waals surface area contributed by atoms with Crippen molar-refractivity contribution in [2.45, 2.75) is 26.4 Å². The second-order valence-corrected chi connectivity index (χ2v) is 6.73. The van der Waals surface area contributed by atoms with Gasteiger partial charge in [0.2, 0.25) is 0 Å². The van der Waals surface area contributed by atoms with Crippen LogP contribution < -0.4 is 10.1 Å². The van der Waals surface area contributed by atoms with Crippen LogP contribution in [0.3, 0.4) is 0 Å². The molecule has 2 rings (SSSR count). The molecule has 1 N–H and O–H groups in total. The number of nitrogens with one attached hydrogen (secondary N) is 1. The third-order valence-electron chi connectivity index (χ3n) is 2.84. The third-order valence-corrected chi connectivity index (χ3v) is 3.98. The van der Waals surface area contributed by atoms with E-state index in [-0.39, 0.29) is 5.82 Å². The van der Waals surface area contributed by atoms with Gasteiger partial charge in [0.05, 0.1) is 4.47 Å². The van der Waals surface area contributed by atoms with Crippen LogP contribution in [0.4, 0.5) is 4.39 Å². The Morgan fingerprint density at radius 3 is 2.57 bits per heavy atom. The van der Waals surface area contributed by atoms with E-state index < -0.39 is 0 Å². The van der Waals surface area contributed by atoms with Gasteiger partial charge in [0, 0.05) is 28.7 Å². The van der Waals surface area contributed by atoms with Crippen molar-refractivity contribution in [1.82, 2.24) is 5.32 Å². The molecule has 5 heteroatoms. The van der Waals surface area contributed by atoms with Crippen molar-refractivity contribution < 1.29 is 9.13 Å². The van der Waals surface area contributed by atoms with E-state index in [0.717, 1.165) is 14.5 Å². The van der Waals surface area contributed by atoms with Crippen LogP contribution in [-0.2, 0) is 6.54 Å². The highest BCUT2D eigenvalue weighted by Gasteiger charge is 2.10. The lowest BCUT2D eigenvalue weighted by Crippen LogP contribution is -2.22. The highest BCUT2D eigenvalue weighted by molar-refractivity contribution is 9.10. The Labute approximate surface area is 141 Å². The zero-order chi connectivity index (χ0) is 15.4. The summed E-state index contributed by atoms with van der Waals surface area (Å²) in [7, 11) is 0. The van der Waals surface area contributed by atoms with E-state index in [4.69, 9.17) is 4.74 Å². The maximum absolute atomic E-state index is 13.3. The Kier molecular flexibility index (Phi) is 5.79. The number of rotatable bonds is 5. The molecular formula is C16H16Br2FNO. The van der Waals surface area contributed by atoms with E-state index in [0.29, 0.717) is 24.1 Å². The number of ether oxygens (including phenoxy) is 1. The topological polar surface area (TPSA) is 21.3 Å². The van der Waals surface area contributed by atoms with Gasteiger partial charge >= 0.3 is 0 Å². The molecule has 0 saturated carbocycles. The van der Waals surface area contributed by atoms with Crippen molar-refractivity contribution in [2.75, 3.05) is 0 Å². The van der Waals surface area contributed by atoms with E-state index in [1.807, 2.05) is 18.2 Å². The quantitative estimate of drug-likeness (QED) is 0.680. The van der Waals surface area contributed by atoms with Gasteiger partial charge in [0.25, 0.3) is 0 Å². The SMILES string of the molecule is CC(C)NCc1cc(Br)ccc1Oc1cc(F)ccc1Br. The lowest BCUT2D eigenvalue weighted by molar-refractivity contribution is 0.461. The summed E-state index contributed by atoms with van der Waals surface area (Å²) in [4.78, 5) is 0. The van der Waals surface area contributed by atoms with Crippen molar-refractivity contribution in [3.05, 3.63) is 56.7 Å². The number of hydrogen-bond acceptors (Lipinski definition) is 2. The number of benzene rings is 2. The molecule has 0 aliphatic carbocycles. The van der Waals surface area contributed by atoms with Gasteiger partial charge in [-0.1, -0.05) is 29.8 Å². The predicted octanol–water partition coefficient (Wildman–Crippen LogP) is 5.64. The minimum atomic E-state index is -0.327. The van der Waals surface area contributed by atoms with Gasteiger partial charge in [-0.05, 0) is 46.3 Å². The minimum Gasteiger partial charge on any atom is -0.456 e. The molecule has 0 bridgehead atoms. The van der Waals surface area contributed by atoms with Gasteiger partial charge in [0.1, 0.15) is 17.3 Å². The van der Waals surface area contributed by atoms with E-state index in [9.17, 15) is 4.39 Å². The first-order valence-corrected chi connectivity index (χ1v) is 8.19. The first kappa shape index (κ1) is 16.5. The summed E-state index contributed by atoms with van der Waals surface area (Å²) in [6.45, 7) is 4.85. The molecule has 0 unspecified atom stereocenters. The standard InChI is InChI=1S/C16H16Br2FNO/c1-10(2)20-9-11-7-12(17)3-6-15(11)21-16-8-13(19)4-5-14(16)18/h3-8,10,20H,9H2,1-2H3. The Hall–Kier alpha value is -0.910. The normalized spacial score (nSPS) is 11.0. The minimum absolute atomic E-state index is 0.327. The molecule has 2 nitrogen and oxygen atoms in total. The van der Waals surface area contributed by atoms with Crippen LogP contribution in [0, 0.1) is 5.82 Å². The Bertz CT molecular complexity index is 632. The molecule has 0 amide bonds. The van der Waals surface area contributed by atoms with E-state index in [2.05, 4.69) is 51.0 Å². The Morgan fingerprint density at radius 2 is 1.86 bits per heavy atom. The van der Waals surface area contributed by atoms with Crippen molar-refractivity contribution in [1.29, 1.82) is 0 Å². The predicted molar refractivity (Wildman–Crippen MR) is 90.3 cm³/mol. The highest BCUT2D eigenvalue weighted by atomic mass is 79.9. The van der Waals surface area contributed by atoms with Crippen molar-refractivity contribution in [3.8, 4) is 11.5 Å². The fourth-order valence-electron chi connectivity index (χ4n) is 1.77. The molecule has 0 atom stereocenters. The summed E-state index contributed by atoms with van der Waals surface area (Å²) in [6, 6.07) is 10.5. The molecule has 0 aliphatic rings. The molecule has 0 saturated heterocycles. The van der Waals surface area contributed by atoms with Crippen LogP contribution in [0.1, 0.15) is 19.4 Å². The lowest BCUT2D eigenvalue weighted by Gasteiger charge is -2.15. The smallest absolute Gasteiger partial charge is 0.144 e. The molecule has 2 aromatic carbocycles. The van der Waals surface area contributed by atoms with E-state index in [1.165, 1.54) is 12.1 Å². The van der Waals surface area contributed by atoms with Crippen LogP contribution in [0.2, 0.25) is 0 Å². The van der Waals surface area contributed by atoms with Crippen LogP contribution >= 0.6 is 31.9 Å². The summed E-state index contributed by atoms with van der Waals surface area (Å²) in [6.07, 6.45) is 0. The zero-order valence-electron chi connectivity index (χ0n) is 11.8. The molecule has 21 heavy (non-hydrogen) atoms. The van der Waals surface area contributed by atoms with Crippen molar-refractivity contribution in [3.63, 3.8) is 0 Å². The molecular weight excluding hydrogens is 401 g/mol. The molecule has 0 aromatic heterocycles. The molecule has 0 fully saturated rings. The molecule has 0 heterocycles. The third kappa shape index (κ3) is 4.80. The number of hydrogen-bond donors (Lipinski definition) is 1. The van der Waals surface area contributed by atoms with Gasteiger partial charge in [-0.3, -0.25) is 0 Å². The molecule has 2 aromatic rings. The summed E-state index contributed by atoms with van der Waals surface area (Å²) in [5.41, 5.74) is 1.01. The number of halogens is 3. The second-order valence-electron chi connectivity index (χ2n) is 4.96. The average molecular weight is 417 g/mol. The zero-order valence-corrected chi connectivity index (χ0v) is 15.0. The van der Waals surface area contributed by atoms with Crippen molar-refractivity contribution >= 4 is 31.9 Å². The first-order chi connectivity index (χ1) is 9.95. The Balaban J connectivity index is 2.28. The van der Waals surface area contributed by atoms with Gasteiger partial charge in [-0.2, -0.15) is 0 Å². The maximum Gasteiger partial charge on any atom is 0.144 e. The monoisotopic (exact) mass is 415 g/mol. The van der Waals surface area contributed by atoms with Crippen LogP contribution in [-0.4, -0.2) is 6.04 Å². The average Bonchev–Trinajstić information content (AvgIpc) is 2.43. The molecule has 0 spiro atoms. The van der Waals surface area contributed by atoms with E-state index in [1.54, 1.807) is 6.07 Å². The molecule has 0 radical (unpaired) electrons. The fraction of sp³-hybridized carbons (Fsp3) is 0.250. The van der Waals surface area contributed by atoms with Crippen molar-refractivity contribution in [2.24, 2.45) is 0 Å². The fourth-order valence-corrected chi connectivity index (χ4v) is 2.51. The summed E-state index contributed by atoms with van der Waals surface area (Å²) < 4.78 is 20.9. The first-order valence-electron chi connectivity index (χ1n) is 6.60. The maximum atomic E-state index is 13.3. The van der Waals surface area contributed by atoms with E-state index >= 15 is 0 Å². The van der Waals surface area contributed by atoms with Gasteiger partial charge in [0.15, 0.2) is 0 Å². The van der Waals surface area contributed by atoms with Gasteiger partial charge in [-0.15, -0.1) is 0 Å². The Morgan fingerprint density at radius 1 is 1.10 bits per heavy atom. The summed E-state index contributed by atoms with van der Waals surface area (Å²) in [5, 5.41) is 3.35. The molecule has 112 valence electrons. The van der Waals surface area contributed by atoms with Gasteiger partial charge < -0.3 is 10.1 Å². The summed E-state index contributed by atoms with van der Waals surface area (Å²) in [5.74, 6) is 0.841. The van der Waals surface area contributed by atoms with Crippen LogP contribution in [0.25, 0.3) is 0 Å². The lowest BCUT2D eigenvalue weighted by atomic mass is 10.2. The molecule has 0 aliphatic heterocycles. The van der Waals surface area contributed by atoms with Crippen LogP contribution in [0.15, 0.2) is 45.3 Å². The van der Waals surface area contributed by atoms with Gasteiger partial charge in [-0.25, -0.2) is 4.39 Å². The summed E-state index contributed by atoms with van der Waals surface area (Å²) >= 11 is 6.83. The highest BCUT2D eigenvalue weighted by Crippen LogP contribution is 2.33. The van der Waals surface area contributed by atoms with Crippen LogP contribution in [0.5, 0.6) is 11.5 Å². The largest absolute Gasteiger partial charge is 0.456 e.